The molecule has 2 aromatic carbocycles. The van der Waals surface area contributed by atoms with Gasteiger partial charge < -0.3 is 10.4 Å². The van der Waals surface area contributed by atoms with Crippen molar-refractivity contribution in [1.29, 1.82) is 0 Å². The highest BCUT2D eigenvalue weighted by Gasteiger charge is 2.06. The molecule has 0 aromatic heterocycles. The Morgan fingerprint density at radius 1 is 0.913 bits per heavy atom. The van der Waals surface area contributed by atoms with Gasteiger partial charge >= 0.3 is 0 Å². The van der Waals surface area contributed by atoms with Gasteiger partial charge in [-0.2, -0.15) is 0 Å². The lowest BCUT2D eigenvalue weighted by Crippen LogP contribution is -2.44. The Morgan fingerprint density at radius 3 is 2.13 bits per heavy atom. The van der Waals surface area contributed by atoms with E-state index in [1.54, 1.807) is 0 Å². The van der Waals surface area contributed by atoms with E-state index in [0.29, 0.717) is 6.61 Å². The van der Waals surface area contributed by atoms with E-state index in [1.165, 1.54) is 11.1 Å². The third-order valence-corrected chi connectivity index (χ3v) is 4.04. The van der Waals surface area contributed by atoms with Crippen LogP contribution in [0, 0.1) is 0 Å². The molecular formula is C19H25ClN2O. The number of hydrogen-bond acceptors (Lipinski definition) is 3. The van der Waals surface area contributed by atoms with Gasteiger partial charge in [-0.05, 0) is 29.7 Å². The Labute approximate surface area is 143 Å². The summed E-state index contributed by atoms with van der Waals surface area (Å²) >= 11 is 5.81. The third kappa shape index (κ3) is 7.14. The van der Waals surface area contributed by atoms with Gasteiger partial charge in [0.05, 0.1) is 6.61 Å². The van der Waals surface area contributed by atoms with Crippen LogP contribution in [0.1, 0.15) is 11.1 Å². The Morgan fingerprint density at radius 2 is 1.52 bits per heavy atom. The molecule has 2 aromatic rings. The summed E-state index contributed by atoms with van der Waals surface area (Å²) in [4.78, 5) is 2.26. The van der Waals surface area contributed by atoms with Crippen LogP contribution in [0.15, 0.2) is 54.6 Å². The monoisotopic (exact) mass is 332 g/mol. The van der Waals surface area contributed by atoms with Gasteiger partial charge in [-0.25, -0.2) is 0 Å². The number of halogens is 1. The van der Waals surface area contributed by atoms with E-state index < -0.39 is 0 Å². The summed E-state index contributed by atoms with van der Waals surface area (Å²) in [5, 5.41) is 12.6. The maximum absolute atomic E-state index is 8.56. The fourth-order valence-electron chi connectivity index (χ4n) is 2.51. The summed E-state index contributed by atoms with van der Waals surface area (Å²) in [5.41, 5.74) is 2.62. The van der Waals surface area contributed by atoms with Gasteiger partial charge in [0, 0.05) is 37.7 Å². The first-order valence-electron chi connectivity index (χ1n) is 8.10. The Bertz CT molecular complexity index is 536. The van der Waals surface area contributed by atoms with Crippen molar-refractivity contribution in [2.75, 3.05) is 39.3 Å². The summed E-state index contributed by atoms with van der Waals surface area (Å²) in [6.45, 7) is 5.43. The highest BCUT2D eigenvalue weighted by atomic mass is 35.5. The van der Waals surface area contributed by atoms with Crippen molar-refractivity contribution in [3.8, 4) is 0 Å². The van der Waals surface area contributed by atoms with E-state index >= 15 is 0 Å². The van der Waals surface area contributed by atoms with Gasteiger partial charge in [0.25, 0.3) is 0 Å². The van der Waals surface area contributed by atoms with Crippen LogP contribution >= 0.6 is 11.6 Å². The molecule has 0 amide bonds. The van der Waals surface area contributed by atoms with E-state index in [-0.39, 0.29) is 0 Å². The largest absolute Gasteiger partial charge is 0.395 e. The van der Waals surface area contributed by atoms with E-state index in [0.717, 1.165) is 44.2 Å². The number of aliphatic hydroxyl groups is 1. The molecule has 1 aliphatic heterocycles. The first-order valence-corrected chi connectivity index (χ1v) is 8.48. The minimum Gasteiger partial charge on any atom is -0.395 e. The second-order valence-electron chi connectivity index (χ2n) is 5.60. The molecule has 0 unspecified atom stereocenters. The first-order chi connectivity index (χ1) is 11.3. The molecule has 1 saturated heterocycles. The number of hydrogen-bond donors (Lipinski definition) is 2. The van der Waals surface area contributed by atoms with Crippen LogP contribution < -0.4 is 5.32 Å². The predicted molar refractivity (Wildman–Crippen MR) is 97.1 cm³/mol. The van der Waals surface area contributed by atoms with E-state index in [9.17, 15) is 0 Å². The van der Waals surface area contributed by atoms with Gasteiger partial charge in [0.15, 0.2) is 0 Å². The SMILES string of the molecule is Clc1ccc(Cc2ccccc2)cc1.OCCN1CCNCC1. The molecule has 1 heterocycles. The smallest absolute Gasteiger partial charge is 0.0558 e. The quantitative estimate of drug-likeness (QED) is 0.903. The fourth-order valence-corrected chi connectivity index (χ4v) is 2.64. The fraction of sp³-hybridized carbons (Fsp3) is 0.368. The Balaban J connectivity index is 0.000000185. The van der Waals surface area contributed by atoms with E-state index in [2.05, 4.69) is 46.6 Å². The molecule has 1 aliphatic rings. The molecule has 124 valence electrons. The average molecular weight is 333 g/mol. The Kier molecular flexibility index (Phi) is 8.12. The van der Waals surface area contributed by atoms with Crippen molar-refractivity contribution in [2.45, 2.75) is 6.42 Å². The number of benzene rings is 2. The summed E-state index contributed by atoms with van der Waals surface area (Å²) in [7, 11) is 0. The zero-order chi connectivity index (χ0) is 16.3. The second kappa shape index (κ2) is 10.4. The van der Waals surface area contributed by atoms with Crippen LogP contribution in [0.3, 0.4) is 0 Å². The van der Waals surface area contributed by atoms with Crippen molar-refractivity contribution < 1.29 is 5.11 Å². The topological polar surface area (TPSA) is 35.5 Å². The highest BCUT2D eigenvalue weighted by Crippen LogP contribution is 2.13. The maximum atomic E-state index is 8.56. The molecule has 0 saturated carbocycles. The molecule has 1 fully saturated rings. The van der Waals surface area contributed by atoms with Gasteiger partial charge in [0.2, 0.25) is 0 Å². The number of piperazine rings is 1. The van der Waals surface area contributed by atoms with E-state index in [4.69, 9.17) is 16.7 Å². The molecule has 0 atom stereocenters. The lowest BCUT2D eigenvalue weighted by atomic mass is 10.1. The second-order valence-corrected chi connectivity index (χ2v) is 6.04. The molecule has 0 aliphatic carbocycles. The van der Waals surface area contributed by atoms with Gasteiger partial charge in [-0.1, -0.05) is 54.1 Å². The third-order valence-electron chi connectivity index (χ3n) is 3.79. The normalized spacial score (nSPS) is 14.9. The minimum absolute atomic E-state index is 0.292. The predicted octanol–water partition coefficient (Wildman–Crippen LogP) is 2.81. The zero-order valence-corrected chi connectivity index (χ0v) is 14.2. The molecule has 2 N–H and O–H groups in total. The lowest BCUT2D eigenvalue weighted by molar-refractivity contribution is 0.180. The van der Waals surface area contributed by atoms with Crippen LogP contribution in [0.4, 0.5) is 0 Å². The molecule has 0 bridgehead atoms. The average Bonchev–Trinajstić information content (AvgIpc) is 2.60. The van der Waals surface area contributed by atoms with Gasteiger partial charge in [-0.15, -0.1) is 0 Å². The molecule has 0 spiro atoms. The first kappa shape index (κ1) is 18.0. The summed E-state index contributed by atoms with van der Waals surface area (Å²) in [6.07, 6.45) is 0.970. The standard InChI is InChI=1S/C13H11Cl.C6H14N2O/c14-13-8-6-12(7-9-13)10-11-4-2-1-3-5-11;9-6-5-8-3-1-7-2-4-8/h1-9H,10H2;7,9H,1-6H2. The van der Waals surface area contributed by atoms with Crippen molar-refractivity contribution in [3.63, 3.8) is 0 Å². The molecule has 3 rings (SSSR count). The highest BCUT2D eigenvalue weighted by molar-refractivity contribution is 6.30. The van der Waals surface area contributed by atoms with Crippen molar-refractivity contribution in [2.24, 2.45) is 0 Å². The molecule has 0 radical (unpaired) electrons. The van der Waals surface area contributed by atoms with Crippen molar-refractivity contribution >= 4 is 11.6 Å². The van der Waals surface area contributed by atoms with Crippen LogP contribution in [0.2, 0.25) is 5.02 Å². The minimum atomic E-state index is 0.292. The van der Waals surface area contributed by atoms with Crippen LogP contribution in [-0.4, -0.2) is 49.3 Å². The zero-order valence-electron chi connectivity index (χ0n) is 13.4. The van der Waals surface area contributed by atoms with Crippen molar-refractivity contribution in [1.82, 2.24) is 10.2 Å². The number of nitrogens with zero attached hydrogens (tertiary/aromatic N) is 1. The number of nitrogens with one attached hydrogen (secondary N) is 1. The molecule has 23 heavy (non-hydrogen) atoms. The Hall–Kier alpha value is -1.39. The summed E-state index contributed by atoms with van der Waals surface area (Å²) in [6, 6.07) is 18.4. The summed E-state index contributed by atoms with van der Waals surface area (Å²) < 4.78 is 0. The van der Waals surface area contributed by atoms with E-state index in [1.807, 2.05) is 18.2 Å². The number of aliphatic hydroxyl groups excluding tert-OH is 1. The summed E-state index contributed by atoms with van der Waals surface area (Å²) in [5.74, 6) is 0. The molecule has 3 nitrogen and oxygen atoms in total. The van der Waals surface area contributed by atoms with Crippen LogP contribution in [0.25, 0.3) is 0 Å². The molecular weight excluding hydrogens is 308 g/mol. The lowest BCUT2D eigenvalue weighted by Gasteiger charge is -2.25. The number of β-amino-alcohol motifs (C(OH)–C–C–N with tert-alkyl or cyclic N) is 1. The van der Waals surface area contributed by atoms with Gasteiger partial charge in [-0.3, -0.25) is 4.90 Å². The maximum Gasteiger partial charge on any atom is 0.0558 e. The van der Waals surface area contributed by atoms with Crippen molar-refractivity contribution in [3.05, 3.63) is 70.7 Å². The van der Waals surface area contributed by atoms with Crippen LogP contribution in [0.5, 0.6) is 0 Å². The number of rotatable bonds is 4. The van der Waals surface area contributed by atoms with Gasteiger partial charge in [0.1, 0.15) is 0 Å². The van der Waals surface area contributed by atoms with Crippen LogP contribution in [-0.2, 0) is 6.42 Å². The molecule has 4 heteroatoms.